The molecule has 0 aromatic carbocycles. The molecule has 4 N–H and O–H groups in total. The number of hydrogen-bond acceptors (Lipinski definition) is 3. The normalized spacial score (nSPS) is 12.5. The highest BCUT2D eigenvalue weighted by Gasteiger charge is 2.17. The van der Waals surface area contributed by atoms with Gasteiger partial charge in [-0.05, 0) is 6.54 Å². The van der Waals surface area contributed by atoms with E-state index < -0.39 is 17.9 Å². The molecule has 11 heavy (non-hydrogen) atoms. The zero-order chi connectivity index (χ0) is 8.85. The van der Waals surface area contributed by atoms with Gasteiger partial charge in [-0.1, -0.05) is 6.92 Å². The Kier molecular flexibility index (Phi) is 4.21. The van der Waals surface area contributed by atoms with Gasteiger partial charge >= 0.3 is 5.97 Å². The molecule has 0 aliphatic carbocycles. The SMILES string of the molecule is CCN[C@H](CC(N)=O)C(=O)O. The van der Waals surface area contributed by atoms with E-state index in [9.17, 15) is 9.59 Å². The van der Waals surface area contributed by atoms with E-state index in [2.05, 4.69) is 5.32 Å². The molecular weight excluding hydrogens is 148 g/mol. The Morgan fingerprint density at radius 3 is 2.45 bits per heavy atom. The molecule has 1 atom stereocenters. The Balaban J connectivity index is 3.89. The van der Waals surface area contributed by atoms with Crippen molar-refractivity contribution in [3.63, 3.8) is 0 Å². The van der Waals surface area contributed by atoms with Crippen LogP contribution in [0.3, 0.4) is 0 Å². The number of carbonyl (C=O) groups excluding carboxylic acids is 1. The lowest BCUT2D eigenvalue weighted by Gasteiger charge is -2.09. The standard InChI is InChI=1S/C6H12N2O3/c1-2-8-4(6(10)11)3-5(7)9/h4,8H,2-3H2,1H3,(H2,7,9)(H,10,11)/t4-/m1/s1. The van der Waals surface area contributed by atoms with Crippen molar-refractivity contribution in [1.82, 2.24) is 5.32 Å². The highest BCUT2D eigenvalue weighted by molar-refractivity contribution is 5.83. The van der Waals surface area contributed by atoms with Crippen LogP contribution in [-0.4, -0.2) is 29.6 Å². The number of nitrogens with two attached hydrogens (primary N) is 1. The van der Waals surface area contributed by atoms with Crippen molar-refractivity contribution in [3.8, 4) is 0 Å². The van der Waals surface area contributed by atoms with Gasteiger partial charge in [0.25, 0.3) is 0 Å². The first-order valence-electron chi connectivity index (χ1n) is 3.32. The van der Waals surface area contributed by atoms with Crippen LogP contribution in [-0.2, 0) is 9.59 Å². The average Bonchev–Trinajstić information content (AvgIpc) is 1.86. The molecule has 0 saturated carbocycles. The number of carbonyl (C=O) groups is 2. The molecule has 0 aliphatic heterocycles. The van der Waals surface area contributed by atoms with Crippen molar-refractivity contribution in [2.45, 2.75) is 19.4 Å². The summed E-state index contributed by atoms with van der Waals surface area (Å²) in [5, 5.41) is 11.1. The van der Waals surface area contributed by atoms with Gasteiger partial charge in [-0.3, -0.25) is 9.59 Å². The van der Waals surface area contributed by atoms with Crippen molar-refractivity contribution in [3.05, 3.63) is 0 Å². The van der Waals surface area contributed by atoms with E-state index in [-0.39, 0.29) is 6.42 Å². The lowest BCUT2D eigenvalue weighted by molar-refractivity contribution is -0.141. The Morgan fingerprint density at radius 2 is 2.18 bits per heavy atom. The largest absolute Gasteiger partial charge is 0.480 e. The van der Waals surface area contributed by atoms with E-state index >= 15 is 0 Å². The number of carboxylic acids is 1. The van der Waals surface area contributed by atoms with Crippen LogP contribution in [0.2, 0.25) is 0 Å². The second-order valence-corrected chi connectivity index (χ2v) is 2.12. The lowest BCUT2D eigenvalue weighted by atomic mass is 10.2. The van der Waals surface area contributed by atoms with E-state index in [4.69, 9.17) is 10.8 Å². The Bertz CT molecular complexity index is 158. The highest BCUT2D eigenvalue weighted by Crippen LogP contribution is 1.90. The van der Waals surface area contributed by atoms with Crippen molar-refractivity contribution in [2.24, 2.45) is 5.73 Å². The van der Waals surface area contributed by atoms with Crippen LogP contribution in [0, 0.1) is 0 Å². The van der Waals surface area contributed by atoms with Crippen LogP contribution in [0.5, 0.6) is 0 Å². The zero-order valence-electron chi connectivity index (χ0n) is 6.33. The third-order valence-corrected chi connectivity index (χ3v) is 1.15. The summed E-state index contributed by atoms with van der Waals surface area (Å²) in [5.41, 5.74) is 4.82. The maximum Gasteiger partial charge on any atom is 0.321 e. The molecule has 0 radical (unpaired) electrons. The van der Waals surface area contributed by atoms with E-state index in [1.54, 1.807) is 6.92 Å². The fourth-order valence-corrected chi connectivity index (χ4v) is 0.694. The molecule has 0 aliphatic rings. The van der Waals surface area contributed by atoms with Crippen LogP contribution in [0.25, 0.3) is 0 Å². The summed E-state index contributed by atoms with van der Waals surface area (Å²) in [4.78, 5) is 20.7. The number of aliphatic carboxylic acids is 1. The van der Waals surface area contributed by atoms with Gasteiger partial charge in [0.1, 0.15) is 6.04 Å². The summed E-state index contributed by atoms with van der Waals surface area (Å²) in [5.74, 6) is -1.66. The second kappa shape index (κ2) is 4.68. The van der Waals surface area contributed by atoms with Crippen molar-refractivity contribution >= 4 is 11.9 Å². The Hall–Kier alpha value is -1.10. The molecule has 0 spiro atoms. The van der Waals surface area contributed by atoms with E-state index in [0.29, 0.717) is 6.54 Å². The van der Waals surface area contributed by atoms with E-state index in [1.807, 2.05) is 0 Å². The predicted molar refractivity (Wildman–Crippen MR) is 38.9 cm³/mol. The molecule has 0 aromatic heterocycles. The predicted octanol–water partition coefficient (Wildman–Crippen LogP) is -1.08. The van der Waals surface area contributed by atoms with Crippen molar-refractivity contribution in [1.29, 1.82) is 0 Å². The maximum atomic E-state index is 10.4. The first-order valence-corrected chi connectivity index (χ1v) is 3.32. The third-order valence-electron chi connectivity index (χ3n) is 1.15. The van der Waals surface area contributed by atoms with Gasteiger partial charge in [0, 0.05) is 0 Å². The molecule has 64 valence electrons. The van der Waals surface area contributed by atoms with E-state index in [1.165, 1.54) is 0 Å². The average molecular weight is 160 g/mol. The molecule has 0 aromatic rings. The number of likely N-dealkylation sites (N-methyl/N-ethyl adjacent to an activating group) is 1. The number of primary amides is 1. The van der Waals surface area contributed by atoms with Crippen LogP contribution in [0.15, 0.2) is 0 Å². The molecule has 0 saturated heterocycles. The summed E-state index contributed by atoms with van der Waals surface area (Å²) in [7, 11) is 0. The number of carboxylic acid groups (broad SMARTS) is 1. The minimum Gasteiger partial charge on any atom is -0.480 e. The molecule has 0 unspecified atom stereocenters. The van der Waals surface area contributed by atoms with Crippen LogP contribution < -0.4 is 11.1 Å². The topological polar surface area (TPSA) is 92.4 Å². The monoisotopic (exact) mass is 160 g/mol. The maximum absolute atomic E-state index is 10.4. The molecule has 1 amide bonds. The van der Waals surface area contributed by atoms with Crippen LogP contribution in [0.4, 0.5) is 0 Å². The molecule has 5 heteroatoms. The number of rotatable bonds is 5. The minimum absolute atomic E-state index is 0.164. The Morgan fingerprint density at radius 1 is 1.64 bits per heavy atom. The molecule has 0 heterocycles. The van der Waals surface area contributed by atoms with Crippen molar-refractivity contribution < 1.29 is 14.7 Å². The van der Waals surface area contributed by atoms with Crippen LogP contribution in [0.1, 0.15) is 13.3 Å². The summed E-state index contributed by atoms with van der Waals surface area (Å²) >= 11 is 0. The molecule has 0 bridgehead atoms. The number of hydrogen-bond donors (Lipinski definition) is 3. The van der Waals surface area contributed by atoms with E-state index in [0.717, 1.165) is 0 Å². The third kappa shape index (κ3) is 4.32. The first kappa shape index (κ1) is 9.90. The Labute approximate surface area is 64.6 Å². The second-order valence-electron chi connectivity index (χ2n) is 2.12. The summed E-state index contributed by atoms with van der Waals surface area (Å²) in [6, 6.07) is -0.850. The fraction of sp³-hybridized carbons (Fsp3) is 0.667. The smallest absolute Gasteiger partial charge is 0.321 e. The van der Waals surface area contributed by atoms with Gasteiger partial charge in [-0.25, -0.2) is 0 Å². The van der Waals surface area contributed by atoms with Gasteiger partial charge in [-0.2, -0.15) is 0 Å². The highest BCUT2D eigenvalue weighted by atomic mass is 16.4. The first-order chi connectivity index (χ1) is 5.07. The van der Waals surface area contributed by atoms with Crippen molar-refractivity contribution in [2.75, 3.05) is 6.54 Å². The van der Waals surface area contributed by atoms with Gasteiger partial charge in [0.15, 0.2) is 0 Å². The quantitative estimate of drug-likeness (QED) is 0.477. The van der Waals surface area contributed by atoms with Crippen LogP contribution >= 0.6 is 0 Å². The van der Waals surface area contributed by atoms with Gasteiger partial charge in [-0.15, -0.1) is 0 Å². The fourth-order valence-electron chi connectivity index (χ4n) is 0.694. The minimum atomic E-state index is -1.05. The number of nitrogens with one attached hydrogen (secondary N) is 1. The molecule has 0 fully saturated rings. The summed E-state index contributed by atoms with van der Waals surface area (Å²) < 4.78 is 0. The van der Waals surface area contributed by atoms with Gasteiger partial charge < -0.3 is 16.2 Å². The summed E-state index contributed by atoms with van der Waals surface area (Å²) in [6.07, 6.45) is -0.164. The zero-order valence-corrected chi connectivity index (χ0v) is 6.33. The molecule has 5 nitrogen and oxygen atoms in total. The van der Waals surface area contributed by atoms with Gasteiger partial charge in [0.2, 0.25) is 5.91 Å². The number of amides is 1. The lowest BCUT2D eigenvalue weighted by Crippen LogP contribution is -2.39. The summed E-state index contributed by atoms with van der Waals surface area (Å²) in [6.45, 7) is 2.27. The molecule has 0 rings (SSSR count). The van der Waals surface area contributed by atoms with Gasteiger partial charge in [0.05, 0.1) is 6.42 Å². The molecular formula is C6H12N2O3.